The number of rotatable bonds is 11. The van der Waals surface area contributed by atoms with E-state index in [1.54, 1.807) is 6.07 Å². The molecule has 0 saturated heterocycles. The van der Waals surface area contributed by atoms with Crippen molar-refractivity contribution in [3.63, 3.8) is 0 Å². The third kappa shape index (κ3) is 7.52. The Hall–Kier alpha value is -2.64. The van der Waals surface area contributed by atoms with Crippen LogP contribution in [0.4, 0.5) is 5.95 Å². The number of anilines is 1. The van der Waals surface area contributed by atoms with Crippen molar-refractivity contribution in [3.8, 4) is 5.88 Å². The van der Waals surface area contributed by atoms with Gasteiger partial charge in [0.1, 0.15) is 5.15 Å². The largest absolute Gasteiger partial charge is 0.481 e. The molecule has 1 unspecified atom stereocenters. The van der Waals surface area contributed by atoms with Crippen LogP contribution in [-0.2, 0) is 17.6 Å². The van der Waals surface area contributed by atoms with Gasteiger partial charge in [0.2, 0.25) is 11.8 Å². The molecular formula is C23H30ClN4O3+. The van der Waals surface area contributed by atoms with Crippen LogP contribution in [-0.4, -0.2) is 65.9 Å². The van der Waals surface area contributed by atoms with E-state index < -0.39 is 5.97 Å². The molecule has 0 saturated carbocycles. The maximum absolute atomic E-state index is 11.2. The molecule has 0 spiro atoms. The van der Waals surface area contributed by atoms with Crippen LogP contribution in [0.3, 0.4) is 0 Å². The number of ether oxygens (including phenoxy) is 1. The Balaban J connectivity index is 1.55. The number of carboxylic acids is 1. The number of hydrogen-bond donors (Lipinski definition) is 2. The summed E-state index contributed by atoms with van der Waals surface area (Å²) < 4.78 is 6.40. The lowest BCUT2D eigenvalue weighted by Crippen LogP contribution is -2.45. The van der Waals surface area contributed by atoms with Gasteiger partial charge in [-0.2, -0.15) is 4.98 Å². The molecule has 8 heteroatoms. The highest BCUT2D eigenvalue weighted by molar-refractivity contribution is 6.29. The number of benzene rings is 1. The average molecular weight is 446 g/mol. The van der Waals surface area contributed by atoms with Gasteiger partial charge in [0, 0.05) is 6.07 Å². The van der Waals surface area contributed by atoms with Gasteiger partial charge in [-0.25, -0.2) is 4.98 Å². The topological polar surface area (TPSA) is 84.3 Å². The lowest BCUT2D eigenvalue weighted by atomic mass is 10.0. The van der Waals surface area contributed by atoms with Gasteiger partial charge in [-0.15, -0.1) is 0 Å². The first-order valence-electron chi connectivity index (χ1n) is 10.4. The average Bonchev–Trinajstić information content (AvgIpc) is 3.10. The highest BCUT2D eigenvalue weighted by Crippen LogP contribution is 2.22. The predicted molar refractivity (Wildman–Crippen MR) is 123 cm³/mol. The number of nitrogens with one attached hydrogen (secondary N) is 1. The lowest BCUT2D eigenvalue weighted by molar-refractivity contribution is -0.870. The van der Waals surface area contributed by atoms with Crippen molar-refractivity contribution in [2.24, 2.45) is 0 Å². The van der Waals surface area contributed by atoms with Gasteiger partial charge in [-0.3, -0.25) is 4.79 Å². The zero-order valence-corrected chi connectivity index (χ0v) is 19.0. The molecule has 1 aliphatic rings. The number of aryl methyl sites for hydroxylation is 1. The van der Waals surface area contributed by atoms with E-state index in [1.165, 1.54) is 16.7 Å². The van der Waals surface area contributed by atoms with Crippen LogP contribution in [0.15, 0.2) is 30.3 Å². The standard InChI is InChI=1S/C23H29ClN4O3/c1-28(2,3)15-19(13-22(29)30)25-23-26-20(24)14-21(27-23)31-11-5-6-16-9-10-17-7-4-8-18(17)12-16/h4,7,9-10,12,14,19H,5-6,8,11,13,15H2,1-3H3,(H-,25,26,27,29,30)/p+1. The molecule has 1 aromatic carbocycles. The van der Waals surface area contributed by atoms with Crippen molar-refractivity contribution in [2.75, 3.05) is 39.6 Å². The minimum atomic E-state index is -0.883. The molecule has 3 rings (SSSR count). The third-order valence-electron chi connectivity index (χ3n) is 4.90. The summed E-state index contributed by atoms with van der Waals surface area (Å²) in [6.45, 7) is 1.09. The van der Waals surface area contributed by atoms with Gasteiger partial charge in [-0.1, -0.05) is 42.0 Å². The molecule has 1 heterocycles. The number of aromatic nitrogens is 2. The van der Waals surface area contributed by atoms with E-state index in [2.05, 4.69) is 45.6 Å². The van der Waals surface area contributed by atoms with Crippen molar-refractivity contribution in [3.05, 3.63) is 52.2 Å². The Morgan fingerprint density at radius 1 is 1.29 bits per heavy atom. The smallest absolute Gasteiger partial charge is 0.305 e. The predicted octanol–water partition coefficient (Wildman–Crippen LogP) is 3.67. The molecule has 0 bridgehead atoms. The fourth-order valence-electron chi connectivity index (χ4n) is 3.67. The number of carbonyl (C=O) groups is 1. The van der Waals surface area contributed by atoms with E-state index >= 15 is 0 Å². The van der Waals surface area contributed by atoms with Gasteiger partial charge in [-0.05, 0) is 36.0 Å². The zero-order chi connectivity index (χ0) is 22.4. The van der Waals surface area contributed by atoms with Gasteiger partial charge in [0.25, 0.3) is 0 Å². The first-order valence-corrected chi connectivity index (χ1v) is 10.8. The molecule has 0 amide bonds. The summed E-state index contributed by atoms with van der Waals surface area (Å²) in [5.41, 5.74) is 3.98. The van der Waals surface area contributed by atoms with E-state index in [1.807, 2.05) is 21.1 Å². The Morgan fingerprint density at radius 2 is 2.10 bits per heavy atom. The first-order chi connectivity index (χ1) is 14.7. The van der Waals surface area contributed by atoms with Gasteiger partial charge in [0.05, 0.1) is 46.8 Å². The van der Waals surface area contributed by atoms with Crippen LogP contribution >= 0.6 is 11.6 Å². The monoisotopic (exact) mass is 445 g/mol. The molecule has 1 atom stereocenters. The second-order valence-corrected chi connectivity index (χ2v) is 9.24. The summed E-state index contributed by atoms with van der Waals surface area (Å²) >= 11 is 6.14. The highest BCUT2D eigenvalue weighted by atomic mass is 35.5. The van der Waals surface area contributed by atoms with Crippen molar-refractivity contribution < 1.29 is 19.1 Å². The Bertz CT molecular complexity index is 956. The van der Waals surface area contributed by atoms with Crippen LogP contribution in [0.5, 0.6) is 5.88 Å². The lowest BCUT2D eigenvalue weighted by Gasteiger charge is -2.29. The highest BCUT2D eigenvalue weighted by Gasteiger charge is 2.22. The number of nitrogens with zero attached hydrogens (tertiary/aromatic N) is 3. The molecule has 2 aromatic rings. The third-order valence-corrected chi connectivity index (χ3v) is 5.09. The number of carboxylic acid groups (broad SMARTS) is 1. The van der Waals surface area contributed by atoms with Crippen LogP contribution < -0.4 is 10.1 Å². The summed E-state index contributed by atoms with van der Waals surface area (Å²) in [6.07, 6.45) is 7.07. The van der Waals surface area contributed by atoms with E-state index in [-0.39, 0.29) is 23.6 Å². The Morgan fingerprint density at radius 3 is 2.84 bits per heavy atom. The molecule has 0 fully saturated rings. The molecule has 1 aromatic heterocycles. The summed E-state index contributed by atoms with van der Waals surface area (Å²) in [7, 11) is 6.00. The minimum Gasteiger partial charge on any atom is -0.481 e. The Labute approximate surface area is 188 Å². The molecule has 31 heavy (non-hydrogen) atoms. The molecule has 0 aliphatic heterocycles. The van der Waals surface area contributed by atoms with Gasteiger partial charge < -0.3 is 19.6 Å². The fraction of sp³-hybridized carbons (Fsp3) is 0.435. The van der Waals surface area contributed by atoms with E-state index in [9.17, 15) is 9.90 Å². The van der Waals surface area contributed by atoms with Crippen molar-refractivity contribution in [1.82, 2.24) is 9.97 Å². The summed E-state index contributed by atoms with van der Waals surface area (Å²) in [5, 5.41) is 12.6. The number of quaternary nitrogens is 1. The first kappa shape index (κ1) is 23.0. The normalized spacial score (nSPS) is 13.7. The van der Waals surface area contributed by atoms with Crippen LogP contribution in [0.25, 0.3) is 6.08 Å². The van der Waals surface area contributed by atoms with Crippen molar-refractivity contribution in [1.29, 1.82) is 0 Å². The summed E-state index contributed by atoms with van der Waals surface area (Å²) in [6, 6.07) is 7.82. The number of likely N-dealkylation sites (N-methyl/N-ethyl adjacent to an activating group) is 1. The molecule has 2 N–H and O–H groups in total. The van der Waals surface area contributed by atoms with Crippen molar-refractivity contribution >= 4 is 29.6 Å². The molecule has 1 aliphatic carbocycles. The molecule has 0 radical (unpaired) electrons. The zero-order valence-electron chi connectivity index (χ0n) is 18.3. The van der Waals surface area contributed by atoms with Gasteiger partial charge in [0.15, 0.2) is 0 Å². The van der Waals surface area contributed by atoms with Crippen LogP contribution in [0, 0.1) is 0 Å². The second-order valence-electron chi connectivity index (χ2n) is 8.86. The fourth-order valence-corrected chi connectivity index (χ4v) is 3.84. The van der Waals surface area contributed by atoms with Crippen LogP contribution in [0.2, 0.25) is 5.15 Å². The van der Waals surface area contributed by atoms with Gasteiger partial charge >= 0.3 is 5.97 Å². The van der Waals surface area contributed by atoms with E-state index in [0.29, 0.717) is 23.5 Å². The van der Waals surface area contributed by atoms with E-state index in [0.717, 1.165) is 19.3 Å². The maximum Gasteiger partial charge on any atom is 0.305 e. The SMILES string of the molecule is C[N+](C)(C)CC(CC(=O)O)Nc1nc(Cl)cc(OCCCc2ccc3c(c2)CC=C3)n1. The Kier molecular flexibility index (Phi) is 7.51. The summed E-state index contributed by atoms with van der Waals surface area (Å²) in [5.74, 6) is -0.236. The maximum atomic E-state index is 11.2. The molecule has 166 valence electrons. The minimum absolute atomic E-state index is 0.0438. The number of halogens is 1. The number of aliphatic carboxylic acids is 1. The quantitative estimate of drug-likeness (QED) is 0.312. The second kappa shape index (κ2) is 10.1. The van der Waals surface area contributed by atoms with Crippen molar-refractivity contribution in [2.45, 2.75) is 31.7 Å². The number of hydrogen-bond acceptors (Lipinski definition) is 5. The van der Waals surface area contributed by atoms with Crippen LogP contribution in [0.1, 0.15) is 29.5 Å². The number of fused-ring (bicyclic) bond motifs is 1. The number of allylic oxidation sites excluding steroid dienone is 1. The summed E-state index contributed by atoms with van der Waals surface area (Å²) in [4.78, 5) is 19.8. The molecular weight excluding hydrogens is 416 g/mol. The van der Waals surface area contributed by atoms with E-state index in [4.69, 9.17) is 16.3 Å². The molecule has 7 nitrogen and oxygen atoms in total.